The first-order valence-corrected chi connectivity index (χ1v) is 10.0. The van der Waals surface area contributed by atoms with Crippen molar-refractivity contribution in [2.24, 2.45) is 7.05 Å². The van der Waals surface area contributed by atoms with Crippen LogP contribution in [-0.4, -0.2) is 69.4 Å². The smallest absolute Gasteiger partial charge is 0.248 e. The molecule has 3 rings (SSSR count). The maximum Gasteiger partial charge on any atom is 0.248 e. The standard InChI is InChI=1S/C19H33N5O2/c1-15(2)26-14-18(25)24-11-7-8-16(12-24)19-21-20-17(22(19)3)13-23-9-5-4-6-10-23/h15-16H,4-14H2,1-3H3/t16-/m0/s1. The van der Waals surface area contributed by atoms with Crippen LogP contribution >= 0.6 is 0 Å². The molecule has 7 nitrogen and oxygen atoms in total. The summed E-state index contributed by atoms with van der Waals surface area (Å²) in [6.45, 7) is 8.80. The van der Waals surface area contributed by atoms with Crippen LogP contribution in [0.1, 0.15) is 63.5 Å². The van der Waals surface area contributed by atoms with Gasteiger partial charge in [-0.25, -0.2) is 0 Å². The Morgan fingerprint density at radius 1 is 1.15 bits per heavy atom. The molecule has 0 unspecified atom stereocenters. The molecular weight excluding hydrogens is 330 g/mol. The largest absolute Gasteiger partial charge is 0.369 e. The van der Waals surface area contributed by atoms with E-state index in [-0.39, 0.29) is 24.5 Å². The summed E-state index contributed by atoms with van der Waals surface area (Å²) in [5, 5.41) is 8.95. The summed E-state index contributed by atoms with van der Waals surface area (Å²) >= 11 is 0. The van der Waals surface area contributed by atoms with Crippen molar-refractivity contribution in [1.29, 1.82) is 0 Å². The molecule has 1 atom stereocenters. The topological polar surface area (TPSA) is 63.5 Å². The number of hydrogen-bond acceptors (Lipinski definition) is 5. The van der Waals surface area contributed by atoms with Crippen molar-refractivity contribution < 1.29 is 9.53 Å². The first kappa shape index (κ1) is 19.3. The number of aromatic nitrogens is 3. The number of ether oxygens (including phenoxy) is 1. The molecule has 7 heteroatoms. The minimum absolute atomic E-state index is 0.0793. The fourth-order valence-corrected chi connectivity index (χ4v) is 3.93. The van der Waals surface area contributed by atoms with E-state index >= 15 is 0 Å². The van der Waals surface area contributed by atoms with Crippen molar-refractivity contribution >= 4 is 5.91 Å². The molecule has 0 aliphatic carbocycles. The summed E-state index contributed by atoms with van der Waals surface area (Å²) in [4.78, 5) is 16.8. The van der Waals surface area contributed by atoms with Crippen molar-refractivity contribution in [3.8, 4) is 0 Å². The van der Waals surface area contributed by atoms with Gasteiger partial charge in [0, 0.05) is 26.1 Å². The third kappa shape index (κ3) is 4.82. The molecular formula is C19H33N5O2. The maximum atomic E-state index is 12.4. The number of rotatable bonds is 6. The first-order valence-electron chi connectivity index (χ1n) is 10.0. The van der Waals surface area contributed by atoms with Crippen molar-refractivity contribution in [3.63, 3.8) is 0 Å². The Kier molecular flexibility index (Phi) is 6.64. The van der Waals surface area contributed by atoms with Gasteiger partial charge in [-0.1, -0.05) is 6.42 Å². The zero-order chi connectivity index (χ0) is 18.5. The average Bonchev–Trinajstić information content (AvgIpc) is 3.01. The quantitative estimate of drug-likeness (QED) is 0.773. The third-order valence-corrected chi connectivity index (χ3v) is 5.49. The molecule has 0 N–H and O–H groups in total. The molecule has 0 saturated carbocycles. The van der Waals surface area contributed by atoms with Crippen LogP contribution in [0.3, 0.4) is 0 Å². The molecule has 0 bridgehead atoms. The van der Waals surface area contributed by atoms with Crippen LogP contribution in [0, 0.1) is 0 Å². The van der Waals surface area contributed by atoms with Crippen molar-refractivity contribution in [2.75, 3.05) is 32.8 Å². The van der Waals surface area contributed by atoms with Crippen molar-refractivity contribution in [2.45, 2.75) is 64.5 Å². The molecule has 1 aromatic rings. The van der Waals surface area contributed by atoms with Gasteiger partial charge >= 0.3 is 0 Å². The van der Waals surface area contributed by atoms with E-state index in [1.807, 2.05) is 18.7 Å². The van der Waals surface area contributed by atoms with Gasteiger partial charge in [-0.05, 0) is 52.6 Å². The van der Waals surface area contributed by atoms with Crippen LogP contribution in [0.15, 0.2) is 0 Å². The number of amides is 1. The average molecular weight is 364 g/mol. The predicted molar refractivity (Wildman–Crippen MR) is 99.8 cm³/mol. The van der Waals surface area contributed by atoms with Gasteiger partial charge in [0.2, 0.25) is 5.91 Å². The molecule has 0 radical (unpaired) electrons. The van der Waals surface area contributed by atoms with Gasteiger partial charge in [-0.2, -0.15) is 0 Å². The Morgan fingerprint density at radius 2 is 1.92 bits per heavy atom. The minimum Gasteiger partial charge on any atom is -0.369 e. The Balaban J connectivity index is 1.60. The van der Waals surface area contributed by atoms with E-state index in [9.17, 15) is 4.79 Å². The van der Waals surface area contributed by atoms with Crippen LogP contribution in [0.4, 0.5) is 0 Å². The molecule has 2 fully saturated rings. The maximum absolute atomic E-state index is 12.4. The van der Waals surface area contributed by atoms with Crippen molar-refractivity contribution in [1.82, 2.24) is 24.6 Å². The number of carbonyl (C=O) groups excluding carboxylic acids is 1. The number of hydrogen-bond donors (Lipinski definition) is 0. The van der Waals surface area contributed by atoms with Crippen LogP contribution in [0.5, 0.6) is 0 Å². The molecule has 26 heavy (non-hydrogen) atoms. The lowest BCUT2D eigenvalue weighted by Crippen LogP contribution is -2.41. The summed E-state index contributed by atoms with van der Waals surface area (Å²) in [6.07, 6.45) is 6.05. The lowest BCUT2D eigenvalue weighted by atomic mass is 9.97. The second kappa shape index (κ2) is 8.95. The molecule has 2 aliphatic heterocycles. The van der Waals surface area contributed by atoms with E-state index in [2.05, 4.69) is 26.7 Å². The van der Waals surface area contributed by atoms with E-state index < -0.39 is 0 Å². The van der Waals surface area contributed by atoms with Gasteiger partial charge in [0.15, 0.2) is 0 Å². The minimum atomic E-state index is 0.0793. The highest BCUT2D eigenvalue weighted by Crippen LogP contribution is 2.26. The second-order valence-electron chi connectivity index (χ2n) is 7.91. The van der Waals surface area contributed by atoms with Crippen LogP contribution in [0.2, 0.25) is 0 Å². The van der Waals surface area contributed by atoms with Gasteiger partial charge in [0.1, 0.15) is 18.3 Å². The summed E-state index contributed by atoms with van der Waals surface area (Å²) in [6, 6.07) is 0. The number of carbonyl (C=O) groups is 1. The first-order chi connectivity index (χ1) is 12.5. The number of likely N-dealkylation sites (tertiary alicyclic amines) is 2. The van der Waals surface area contributed by atoms with Gasteiger partial charge < -0.3 is 14.2 Å². The van der Waals surface area contributed by atoms with E-state index in [0.29, 0.717) is 0 Å². The molecule has 2 aliphatic rings. The van der Waals surface area contributed by atoms with Gasteiger partial charge in [0.25, 0.3) is 0 Å². The molecule has 0 aromatic carbocycles. The van der Waals surface area contributed by atoms with E-state index in [1.54, 1.807) is 0 Å². The van der Waals surface area contributed by atoms with Crippen LogP contribution < -0.4 is 0 Å². The molecule has 1 amide bonds. The predicted octanol–water partition coefficient (Wildman–Crippen LogP) is 1.93. The van der Waals surface area contributed by atoms with Gasteiger partial charge in [-0.15, -0.1) is 10.2 Å². The zero-order valence-corrected chi connectivity index (χ0v) is 16.5. The Bertz CT molecular complexity index is 595. The lowest BCUT2D eigenvalue weighted by Gasteiger charge is -2.32. The Morgan fingerprint density at radius 3 is 2.65 bits per heavy atom. The highest BCUT2D eigenvalue weighted by atomic mass is 16.5. The highest BCUT2D eigenvalue weighted by Gasteiger charge is 2.28. The van der Waals surface area contributed by atoms with E-state index in [1.165, 1.54) is 19.3 Å². The summed E-state index contributed by atoms with van der Waals surface area (Å²) in [5.41, 5.74) is 0. The molecule has 146 valence electrons. The number of piperidine rings is 2. The number of nitrogens with zero attached hydrogens (tertiary/aromatic N) is 5. The zero-order valence-electron chi connectivity index (χ0n) is 16.5. The SMILES string of the molecule is CC(C)OCC(=O)N1CCC[C@H](c2nnc(CN3CCCCC3)n2C)C1. The van der Waals surface area contributed by atoms with Crippen molar-refractivity contribution in [3.05, 3.63) is 11.6 Å². The molecule has 1 aromatic heterocycles. The lowest BCUT2D eigenvalue weighted by molar-refractivity contribution is -0.138. The van der Waals surface area contributed by atoms with E-state index in [4.69, 9.17) is 4.74 Å². The van der Waals surface area contributed by atoms with E-state index in [0.717, 1.165) is 57.2 Å². The Labute approximate surface area is 156 Å². The normalized spacial score (nSPS) is 22.2. The summed E-state index contributed by atoms with van der Waals surface area (Å²) in [7, 11) is 2.07. The van der Waals surface area contributed by atoms with Crippen LogP contribution in [-0.2, 0) is 23.1 Å². The fourth-order valence-electron chi connectivity index (χ4n) is 3.93. The van der Waals surface area contributed by atoms with Crippen LogP contribution in [0.25, 0.3) is 0 Å². The summed E-state index contributed by atoms with van der Waals surface area (Å²) in [5.74, 6) is 2.39. The fraction of sp³-hybridized carbons (Fsp3) is 0.842. The monoisotopic (exact) mass is 363 g/mol. The summed E-state index contributed by atoms with van der Waals surface area (Å²) < 4.78 is 7.63. The Hall–Kier alpha value is -1.47. The van der Waals surface area contributed by atoms with Gasteiger partial charge in [-0.3, -0.25) is 9.69 Å². The molecule has 2 saturated heterocycles. The second-order valence-corrected chi connectivity index (χ2v) is 7.91. The van der Waals surface area contributed by atoms with Gasteiger partial charge in [0.05, 0.1) is 12.6 Å². The third-order valence-electron chi connectivity index (χ3n) is 5.49. The molecule has 3 heterocycles. The highest BCUT2D eigenvalue weighted by molar-refractivity contribution is 5.77. The molecule has 0 spiro atoms.